The van der Waals surface area contributed by atoms with Gasteiger partial charge in [-0.05, 0) is 50.6 Å². The van der Waals surface area contributed by atoms with Crippen LogP contribution in [0, 0.1) is 11.8 Å². The topological polar surface area (TPSA) is 15.3 Å². The zero-order valence-electron chi connectivity index (χ0n) is 12.5. The SMILES string of the molecule is CC1CCCC(C)C1NCCN1CCCCCC1. The van der Waals surface area contributed by atoms with Gasteiger partial charge in [-0.3, -0.25) is 0 Å². The molecule has 0 amide bonds. The Bertz CT molecular complexity index is 211. The Morgan fingerprint density at radius 1 is 0.889 bits per heavy atom. The lowest BCUT2D eigenvalue weighted by molar-refractivity contribution is 0.197. The third kappa shape index (κ3) is 4.24. The van der Waals surface area contributed by atoms with E-state index in [9.17, 15) is 0 Å². The fourth-order valence-corrected chi connectivity index (χ4v) is 3.83. The first-order valence-corrected chi connectivity index (χ1v) is 8.23. The molecule has 0 spiro atoms. The van der Waals surface area contributed by atoms with Crippen LogP contribution in [-0.4, -0.2) is 37.1 Å². The molecule has 0 radical (unpaired) electrons. The fourth-order valence-electron chi connectivity index (χ4n) is 3.83. The summed E-state index contributed by atoms with van der Waals surface area (Å²) in [5.41, 5.74) is 0. The Kier molecular flexibility index (Phi) is 5.97. The van der Waals surface area contributed by atoms with Crippen molar-refractivity contribution in [1.82, 2.24) is 10.2 Å². The Morgan fingerprint density at radius 3 is 2.11 bits per heavy atom. The highest BCUT2D eigenvalue weighted by molar-refractivity contribution is 4.83. The lowest BCUT2D eigenvalue weighted by Crippen LogP contribution is -2.45. The molecule has 1 saturated heterocycles. The van der Waals surface area contributed by atoms with Crippen LogP contribution >= 0.6 is 0 Å². The van der Waals surface area contributed by atoms with E-state index in [1.165, 1.54) is 71.1 Å². The van der Waals surface area contributed by atoms with E-state index in [4.69, 9.17) is 0 Å². The molecular formula is C16H32N2. The molecule has 2 rings (SSSR count). The highest BCUT2D eigenvalue weighted by Crippen LogP contribution is 2.28. The number of rotatable bonds is 4. The molecule has 1 aliphatic heterocycles. The van der Waals surface area contributed by atoms with Crippen LogP contribution in [0.1, 0.15) is 58.8 Å². The van der Waals surface area contributed by atoms with Crippen molar-refractivity contribution < 1.29 is 0 Å². The first-order valence-electron chi connectivity index (χ1n) is 8.23. The largest absolute Gasteiger partial charge is 0.312 e. The van der Waals surface area contributed by atoms with Gasteiger partial charge in [-0.15, -0.1) is 0 Å². The first kappa shape index (κ1) is 14.3. The minimum absolute atomic E-state index is 0.769. The van der Waals surface area contributed by atoms with Gasteiger partial charge in [0.15, 0.2) is 0 Å². The van der Waals surface area contributed by atoms with Gasteiger partial charge in [-0.2, -0.15) is 0 Å². The number of likely N-dealkylation sites (tertiary alicyclic amines) is 1. The van der Waals surface area contributed by atoms with Crippen molar-refractivity contribution >= 4 is 0 Å². The van der Waals surface area contributed by atoms with Gasteiger partial charge in [0, 0.05) is 19.1 Å². The molecule has 2 aliphatic rings. The Hall–Kier alpha value is -0.0800. The van der Waals surface area contributed by atoms with Crippen LogP contribution in [0.5, 0.6) is 0 Å². The zero-order valence-corrected chi connectivity index (χ0v) is 12.5. The van der Waals surface area contributed by atoms with Crippen molar-refractivity contribution in [3.8, 4) is 0 Å². The predicted molar refractivity (Wildman–Crippen MR) is 78.9 cm³/mol. The van der Waals surface area contributed by atoms with Crippen molar-refractivity contribution in [2.24, 2.45) is 11.8 Å². The summed E-state index contributed by atoms with van der Waals surface area (Å²) >= 11 is 0. The monoisotopic (exact) mass is 252 g/mol. The molecule has 1 N–H and O–H groups in total. The van der Waals surface area contributed by atoms with Crippen LogP contribution in [0.15, 0.2) is 0 Å². The van der Waals surface area contributed by atoms with Gasteiger partial charge in [0.25, 0.3) is 0 Å². The normalized spacial score (nSPS) is 35.3. The van der Waals surface area contributed by atoms with Crippen molar-refractivity contribution in [3.05, 3.63) is 0 Å². The van der Waals surface area contributed by atoms with Crippen LogP contribution in [0.3, 0.4) is 0 Å². The lowest BCUT2D eigenvalue weighted by Gasteiger charge is -2.36. The summed E-state index contributed by atoms with van der Waals surface area (Å²) in [5.74, 6) is 1.75. The molecule has 1 saturated carbocycles. The molecule has 0 aromatic heterocycles. The molecule has 2 unspecified atom stereocenters. The molecule has 106 valence electrons. The van der Waals surface area contributed by atoms with Gasteiger partial charge in [-0.25, -0.2) is 0 Å². The first-order chi connectivity index (χ1) is 8.77. The minimum atomic E-state index is 0.769. The summed E-state index contributed by atoms with van der Waals surface area (Å²) in [5, 5.41) is 3.85. The highest BCUT2D eigenvalue weighted by atomic mass is 15.1. The van der Waals surface area contributed by atoms with Crippen molar-refractivity contribution in [3.63, 3.8) is 0 Å². The highest BCUT2D eigenvalue weighted by Gasteiger charge is 2.26. The molecule has 18 heavy (non-hydrogen) atoms. The smallest absolute Gasteiger partial charge is 0.0119 e. The molecule has 0 bridgehead atoms. The van der Waals surface area contributed by atoms with E-state index in [-0.39, 0.29) is 0 Å². The van der Waals surface area contributed by atoms with Gasteiger partial charge in [0.1, 0.15) is 0 Å². The minimum Gasteiger partial charge on any atom is -0.312 e. The summed E-state index contributed by atoms with van der Waals surface area (Å²) in [6.45, 7) is 9.97. The average molecular weight is 252 g/mol. The van der Waals surface area contributed by atoms with Gasteiger partial charge >= 0.3 is 0 Å². The zero-order chi connectivity index (χ0) is 12.8. The van der Waals surface area contributed by atoms with E-state index in [1.54, 1.807) is 0 Å². The molecule has 2 heteroatoms. The van der Waals surface area contributed by atoms with Crippen LogP contribution in [-0.2, 0) is 0 Å². The second-order valence-electron chi connectivity index (χ2n) is 6.62. The number of hydrogen-bond acceptors (Lipinski definition) is 2. The molecule has 1 aliphatic carbocycles. The van der Waals surface area contributed by atoms with E-state index < -0.39 is 0 Å². The quantitative estimate of drug-likeness (QED) is 0.826. The molecule has 2 nitrogen and oxygen atoms in total. The number of nitrogens with zero attached hydrogens (tertiary/aromatic N) is 1. The molecule has 2 fully saturated rings. The second kappa shape index (κ2) is 7.49. The van der Waals surface area contributed by atoms with E-state index in [1.807, 2.05) is 0 Å². The average Bonchev–Trinajstić information content (AvgIpc) is 2.61. The maximum absolute atomic E-state index is 3.85. The van der Waals surface area contributed by atoms with Crippen molar-refractivity contribution in [2.45, 2.75) is 64.8 Å². The number of nitrogens with one attached hydrogen (secondary N) is 1. The Morgan fingerprint density at radius 2 is 1.50 bits per heavy atom. The van der Waals surface area contributed by atoms with Gasteiger partial charge in [-0.1, -0.05) is 33.1 Å². The van der Waals surface area contributed by atoms with E-state index >= 15 is 0 Å². The van der Waals surface area contributed by atoms with Crippen molar-refractivity contribution in [1.29, 1.82) is 0 Å². The van der Waals surface area contributed by atoms with E-state index in [0.29, 0.717) is 0 Å². The standard InChI is InChI=1S/C16H32N2/c1-14-8-7-9-15(2)16(14)17-10-13-18-11-5-3-4-6-12-18/h14-17H,3-13H2,1-2H3. The summed E-state index contributed by atoms with van der Waals surface area (Å²) in [6.07, 6.45) is 10.00. The molecule has 0 aromatic carbocycles. The van der Waals surface area contributed by atoms with E-state index in [0.717, 1.165) is 17.9 Å². The Labute approximate surface area is 114 Å². The summed E-state index contributed by atoms with van der Waals surface area (Å²) in [7, 11) is 0. The van der Waals surface area contributed by atoms with Crippen LogP contribution in [0.2, 0.25) is 0 Å². The van der Waals surface area contributed by atoms with E-state index in [2.05, 4.69) is 24.1 Å². The van der Waals surface area contributed by atoms with Gasteiger partial charge in [0.2, 0.25) is 0 Å². The van der Waals surface area contributed by atoms with Gasteiger partial charge < -0.3 is 10.2 Å². The summed E-state index contributed by atoms with van der Waals surface area (Å²) < 4.78 is 0. The lowest BCUT2D eigenvalue weighted by atomic mass is 9.79. The van der Waals surface area contributed by atoms with Crippen molar-refractivity contribution in [2.75, 3.05) is 26.2 Å². The van der Waals surface area contributed by atoms with Crippen LogP contribution in [0.4, 0.5) is 0 Å². The third-order valence-electron chi connectivity index (χ3n) is 5.05. The number of hydrogen-bond donors (Lipinski definition) is 1. The Balaban J connectivity index is 1.67. The molecule has 0 aromatic rings. The fraction of sp³-hybridized carbons (Fsp3) is 1.00. The second-order valence-corrected chi connectivity index (χ2v) is 6.62. The third-order valence-corrected chi connectivity index (χ3v) is 5.05. The maximum Gasteiger partial charge on any atom is 0.0119 e. The molecule has 1 heterocycles. The molecule has 2 atom stereocenters. The maximum atomic E-state index is 3.85. The summed E-state index contributed by atoms with van der Waals surface area (Å²) in [4.78, 5) is 2.66. The predicted octanol–water partition coefficient (Wildman–Crippen LogP) is 3.28. The summed E-state index contributed by atoms with van der Waals surface area (Å²) in [6, 6.07) is 0.769. The molecular weight excluding hydrogens is 220 g/mol. The van der Waals surface area contributed by atoms with Crippen LogP contribution < -0.4 is 5.32 Å². The van der Waals surface area contributed by atoms with Gasteiger partial charge in [0.05, 0.1) is 0 Å². The van der Waals surface area contributed by atoms with Crippen LogP contribution in [0.25, 0.3) is 0 Å².